The zero-order valence-corrected chi connectivity index (χ0v) is 11.4. The summed E-state index contributed by atoms with van der Waals surface area (Å²) in [5.74, 6) is -0.534. The zero-order chi connectivity index (χ0) is 14.7. The molecule has 0 saturated carbocycles. The van der Waals surface area contributed by atoms with Crippen molar-refractivity contribution in [2.45, 2.75) is 18.9 Å². The third-order valence-electron chi connectivity index (χ3n) is 3.30. The van der Waals surface area contributed by atoms with E-state index in [9.17, 15) is 14.7 Å². The first kappa shape index (κ1) is 14.5. The lowest BCUT2D eigenvalue weighted by Crippen LogP contribution is -2.46. The van der Waals surface area contributed by atoms with Gasteiger partial charge in [-0.1, -0.05) is 11.6 Å². The predicted octanol–water partition coefficient (Wildman–Crippen LogP) is 1.92. The van der Waals surface area contributed by atoms with Gasteiger partial charge in [0.15, 0.2) is 0 Å². The van der Waals surface area contributed by atoms with E-state index in [0.717, 1.165) is 0 Å². The van der Waals surface area contributed by atoms with Crippen LogP contribution in [-0.4, -0.2) is 46.2 Å². The van der Waals surface area contributed by atoms with Gasteiger partial charge in [0.2, 0.25) is 0 Å². The number of piperidine rings is 1. The number of hydrogen-bond donors (Lipinski definition) is 3. The first-order valence-corrected chi connectivity index (χ1v) is 6.62. The molecule has 0 atom stereocenters. The number of nitrogens with zero attached hydrogens (tertiary/aromatic N) is 1. The molecule has 1 saturated heterocycles. The zero-order valence-electron chi connectivity index (χ0n) is 10.7. The average Bonchev–Trinajstić information content (AvgIpc) is 2.42. The van der Waals surface area contributed by atoms with E-state index in [4.69, 9.17) is 16.7 Å². The lowest BCUT2D eigenvalue weighted by molar-refractivity contribution is 0.0905. The molecule has 0 radical (unpaired) electrons. The molecule has 108 valence electrons. The first-order chi connectivity index (χ1) is 9.47. The van der Waals surface area contributed by atoms with Gasteiger partial charge in [0.05, 0.1) is 5.56 Å². The molecule has 0 spiro atoms. The molecule has 7 heteroatoms. The number of phenols is 1. The van der Waals surface area contributed by atoms with Gasteiger partial charge in [0, 0.05) is 24.2 Å². The first-order valence-electron chi connectivity index (χ1n) is 6.24. The van der Waals surface area contributed by atoms with Crippen LogP contribution in [0.3, 0.4) is 0 Å². The van der Waals surface area contributed by atoms with E-state index in [0.29, 0.717) is 31.0 Å². The summed E-state index contributed by atoms with van der Waals surface area (Å²) >= 11 is 5.79. The maximum atomic E-state index is 12.0. The number of nitrogens with one attached hydrogen (secondary N) is 1. The van der Waals surface area contributed by atoms with Crippen molar-refractivity contribution < 1.29 is 19.8 Å². The highest BCUT2D eigenvalue weighted by molar-refractivity contribution is 6.31. The van der Waals surface area contributed by atoms with Gasteiger partial charge in [-0.2, -0.15) is 0 Å². The van der Waals surface area contributed by atoms with Crippen molar-refractivity contribution in [1.82, 2.24) is 10.2 Å². The molecule has 1 fully saturated rings. The minimum atomic E-state index is -0.942. The third kappa shape index (κ3) is 3.33. The Morgan fingerprint density at radius 1 is 1.30 bits per heavy atom. The summed E-state index contributed by atoms with van der Waals surface area (Å²) in [6.07, 6.45) is 0.168. The number of benzene rings is 1. The summed E-state index contributed by atoms with van der Waals surface area (Å²) in [6, 6.07) is 4.17. The number of carbonyl (C=O) groups excluding carboxylic acids is 1. The Bertz CT molecular complexity index is 527. The lowest BCUT2D eigenvalue weighted by Gasteiger charge is -2.30. The number of amides is 2. The van der Waals surface area contributed by atoms with E-state index in [1.165, 1.54) is 23.1 Å². The van der Waals surface area contributed by atoms with Crippen LogP contribution in [0.5, 0.6) is 5.75 Å². The fraction of sp³-hybridized carbons (Fsp3) is 0.385. The van der Waals surface area contributed by atoms with Crippen LogP contribution in [0, 0.1) is 0 Å². The van der Waals surface area contributed by atoms with Crippen LogP contribution < -0.4 is 5.32 Å². The molecule has 1 aromatic rings. The fourth-order valence-corrected chi connectivity index (χ4v) is 2.34. The highest BCUT2D eigenvalue weighted by atomic mass is 35.5. The van der Waals surface area contributed by atoms with E-state index in [-0.39, 0.29) is 17.4 Å². The molecular weight excluding hydrogens is 284 g/mol. The number of hydrogen-bond acceptors (Lipinski definition) is 3. The average molecular weight is 299 g/mol. The van der Waals surface area contributed by atoms with Gasteiger partial charge < -0.3 is 20.4 Å². The van der Waals surface area contributed by atoms with Gasteiger partial charge in [-0.05, 0) is 31.0 Å². The van der Waals surface area contributed by atoms with Crippen LogP contribution in [0.25, 0.3) is 0 Å². The molecule has 3 N–H and O–H groups in total. The Morgan fingerprint density at radius 3 is 2.55 bits per heavy atom. The van der Waals surface area contributed by atoms with E-state index < -0.39 is 12.0 Å². The van der Waals surface area contributed by atoms with Gasteiger partial charge in [-0.3, -0.25) is 4.79 Å². The molecule has 0 unspecified atom stereocenters. The highest BCUT2D eigenvalue weighted by Crippen LogP contribution is 2.22. The number of carbonyl (C=O) groups is 2. The molecule has 2 amide bonds. The molecule has 2 rings (SSSR count). The van der Waals surface area contributed by atoms with E-state index in [2.05, 4.69) is 5.32 Å². The van der Waals surface area contributed by atoms with Crippen molar-refractivity contribution in [2.75, 3.05) is 13.1 Å². The maximum absolute atomic E-state index is 12.0. The quantitative estimate of drug-likeness (QED) is 0.778. The molecule has 1 aromatic carbocycles. The normalized spacial score (nSPS) is 15.9. The summed E-state index contributed by atoms with van der Waals surface area (Å²) in [7, 11) is 0. The number of likely N-dealkylation sites (tertiary alicyclic amines) is 1. The highest BCUT2D eigenvalue weighted by Gasteiger charge is 2.24. The monoisotopic (exact) mass is 298 g/mol. The Labute approximate surface area is 121 Å². The second-order valence-electron chi connectivity index (χ2n) is 4.68. The van der Waals surface area contributed by atoms with Crippen LogP contribution in [0.4, 0.5) is 4.79 Å². The summed E-state index contributed by atoms with van der Waals surface area (Å²) < 4.78 is 0. The van der Waals surface area contributed by atoms with Crippen molar-refractivity contribution >= 4 is 23.6 Å². The van der Waals surface area contributed by atoms with Crippen molar-refractivity contribution in [1.29, 1.82) is 0 Å². The SMILES string of the molecule is O=C(NC1CCN(C(=O)O)CC1)c1cc(Cl)ccc1O. The van der Waals surface area contributed by atoms with Gasteiger partial charge in [-0.25, -0.2) is 4.79 Å². The molecule has 1 heterocycles. The van der Waals surface area contributed by atoms with Crippen LogP contribution >= 0.6 is 11.6 Å². The second-order valence-corrected chi connectivity index (χ2v) is 5.12. The summed E-state index contributed by atoms with van der Waals surface area (Å²) in [4.78, 5) is 24.1. The second kappa shape index (κ2) is 6.00. The van der Waals surface area contributed by atoms with Crippen molar-refractivity contribution in [3.8, 4) is 5.75 Å². The minimum Gasteiger partial charge on any atom is -0.507 e. The van der Waals surface area contributed by atoms with Crippen LogP contribution in [0.2, 0.25) is 5.02 Å². The van der Waals surface area contributed by atoms with Crippen LogP contribution in [-0.2, 0) is 0 Å². The Morgan fingerprint density at radius 2 is 1.95 bits per heavy atom. The smallest absolute Gasteiger partial charge is 0.407 e. The fourth-order valence-electron chi connectivity index (χ4n) is 2.17. The molecule has 6 nitrogen and oxygen atoms in total. The van der Waals surface area contributed by atoms with Gasteiger partial charge in [0.1, 0.15) is 5.75 Å². The van der Waals surface area contributed by atoms with Gasteiger partial charge in [0.25, 0.3) is 5.91 Å². The Balaban J connectivity index is 1.96. The van der Waals surface area contributed by atoms with Gasteiger partial charge in [-0.15, -0.1) is 0 Å². The standard InChI is InChI=1S/C13H15ClN2O4/c14-8-1-2-11(17)10(7-8)12(18)15-9-3-5-16(6-4-9)13(19)20/h1-2,7,9,17H,3-6H2,(H,15,18)(H,19,20). The Kier molecular flexibility index (Phi) is 4.34. The van der Waals surface area contributed by atoms with Gasteiger partial charge >= 0.3 is 6.09 Å². The summed E-state index contributed by atoms with van der Waals surface area (Å²) in [5.41, 5.74) is 0.123. The van der Waals surface area contributed by atoms with E-state index in [1.807, 2.05) is 0 Å². The molecule has 20 heavy (non-hydrogen) atoms. The number of carboxylic acid groups (broad SMARTS) is 1. The minimum absolute atomic E-state index is 0.100. The van der Waals surface area contributed by atoms with E-state index in [1.54, 1.807) is 0 Å². The molecule has 0 aromatic heterocycles. The van der Waals surface area contributed by atoms with Crippen LogP contribution in [0.15, 0.2) is 18.2 Å². The summed E-state index contributed by atoms with van der Waals surface area (Å²) in [6.45, 7) is 0.781. The third-order valence-corrected chi connectivity index (χ3v) is 3.54. The van der Waals surface area contributed by atoms with Crippen LogP contribution in [0.1, 0.15) is 23.2 Å². The molecule has 1 aliphatic heterocycles. The molecule has 1 aliphatic rings. The number of aromatic hydroxyl groups is 1. The van der Waals surface area contributed by atoms with Crippen molar-refractivity contribution in [2.24, 2.45) is 0 Å². The topological polar surface area (TPSA) is 89.9 Å². The number of phenolic OH excluding ortho intramolecular Hbond substituents is 1. The van der Waals surface area contributed by atoms with E-state index >= 15 is 0 Å². The number of rotatable bonds is 2. The maximum Gasteiger partial charge on any atom is 0.407 e. The van der Waals surface area contributed by atoms with Crippen molar-refractivity contribution in [3.05, 3.63) is 28.8 Å². The molecule has 0 aliphatic carbocycles. The summed E-state index contributed by atoms with van der Waals surface area (Å²) in [5, 5.41) is 21.6. The lowest BCUT2D eigenvalue weighted by atomic mass is 10.0. The number of halogens is 1. The molecule has 0 bridgehead atoms. The van der Waals surface area contributed by atoms with Crippen molar-refractivity contribution in [3.63, 3.8) is 0 Å². The largest absolute Gasteiger partial charge is 0.507 e. The predicted molar refractivity (Wildman–Crippen MR) is 73.2 cm³/mol. The Hall–Kier alpha value is -1.95. The molecular formula is C13H15ClN2O4.